The van der Waals surface area contributed by atoms with Crippen LogP contribution >= 0.6 is 11.6 Å². The Kier molecular flexibility index (Phi) is 3.59. The summed E-state index contributed by atoms with van der Waals surface area (Å²) in [5.74, 6) is -0.234. The first-order valence-corrected chi connectivity index (χ1v) is 5.63. The fourth-order valence-electron chi connectivity index (χ4n) is 1.46. The summed E-state index contributed by atoms with van der Waals surface area (Å²) in [6.45, 7) is -0.0785. The van der Waals surface area contributed by atoms with Gasteiger partial charge < -0.3 is 10.6 Å². The number of nitrogens with two attached hydrogens (primary N) is 1. The summed E-state index contributed by atoms with van der Waals surface area (Å²) in [7, 11) is 1.60. The van der Waals surface area contributed by atoms with Crippen molar-refractivity contribution in [2.24, 2.45) is 5.73 Å². The quantitative estimate of drug-likeness (QED) is 0.892. The molecule has 0 saturated heterocycles. The predicted octanol–water partition coefficient (Wildman–Crippen LogP) is 0.842. The fraction of sp³-hybridized carbons (Fsp3) is 0.182. The minimum absolute atomic E-state index is 0.0785. The van der Waals surface area contributed by atoms with Crippen LogP contribution < -0.4 is 10.6 Å². The Labute approximate surface area is 109 Å². The number of amides is 1. The molecule has 0 bridgehead atoms. The second kappa shape index (κ2) is 5.16. The highest BCUT2D eigenvalue weighted by Crippen LogP contribution is 2.24. The minimum Gasteiger partial charge on any atom is -0.322 e. The second-order valence-corrected chi connectivity index (χ2v) is 3.98. The highest BCUT2D eigenvalue weighted by Gasteiger charge is 2.16. The van der Waals surface area contributed by atoms with Crippen molar-refractivity contribution in [1.82, 2.24) is 14.8 Å². The summed E-state index contributed by atoms with van der Waals surface area (Å²) in [5.41, 5.74) is 6.58. The molecule has 0 atom stereocenters. The lowest BCUT2D eigenvalue weighted by Gasteiger charge is -2.13. The van der Waals surface area contributed by atoms with Crippen molar-refractivity contribution < 1.29 is 4.79 Å². The van der Waals surface area contributed by atoms with Crippen molar-refractivity contribution in [3.05, 3.63) is 35.9 Å². The van der Waals surface area contributed by atoms with E-state index in [0.29, 0.717) is 5.69 Å². The molecular weight excluding hydrogens is 254 g/mol. The molecule has 2 heterocycles. The SMILES string of the molecule is CN(C(=O)CN)c1cn(-c2cccnc2)nc1Cl. The molecule has 2 aromatic heterocycles. The van der Waals surface area contributed by atoms with Gasteiger partial charge in [-0.2, -0.15) is 5.10 Å². The van der Waals surface area contributed by atoms with E-state index in [0.717, 1.165) is 5.69 Å². The molecule has 2 aromatic rings. The Bertz CT molecular complexity index is 554. The van der Waals surface area contributed by atoms with E-state index < -0.39 is 0 Å². The number of carbonyl (C=O) groups is 1. The molecular formula is C11H12ClN5O. The summed E-state index contributed by atoms with van der Waals surface area (Å²) >= 11 is 6.00. The lowest BCUT2D eigenvalue weighted by molar-refractivity contribution is -0.117. The molecule has 0 aromatic carbocycles. The van der Waals surface area contributed by atoms with Gasteiger partial charge in [0, 0.05) is 13.2 Å². The third-order valence-corrected chi connectivity index (χ3v) is 2.74. The van der Waals surface area contributed by atoms with Crippen molar-refractivity contribution in [2.45, 2.75) is 0 Å². The van der Waals surface area contributed by atoms with Crippen LogP contribution in [0, 0.1) is 0 Å². The monoisotopic (exact) mass is 265 g/mol. The zero-order valence-electron chi connectivity index (χ0n) is 9.75. The number of rotatable bonds is 3. The first-order chi connectivity index (χ1) is 8.63. The predicted molar refractivity (Wildman–Crippen MR) is 68.8 cm³/mol. The highest BCUT2D eigenvalue weighted by atomic mass is 35.5. The molecule has 0 spiro atoms. The normalized spacial score (nSPS) is 10.4. The number of anilines is 1. The van der Waals surface area contributed by atoms with E-state index in [4.69, 9.17) is 17.3 Å². The number of hydrogen-bond donors (Lipinski definition) is 1. The third-order valence-electron chi connectivity index (χ3n) is 2.47. The zero-order chi connectivity index (χ0) is 13.1. The number of hydrogen-bond acceptors (Lipinski definition) is 4. The molecule has 0 aliphatic rings. The van der Waals surface area contributed by atoms with Gasteiger partial charge in [0.05, 0.1) is 24.6 Å². The molecule has 0 fully saturated rings. The Morgan fingerprint density at radius 3 is 3.00 bits per heavy atom. The van der Waals surface area contributed by atoms with Crippen LogP contribution in [0.5, 0.6) is 0 Å². The largest absolute Gasteiger partial charge is 0.322 e. The maximum atomic E-state index is 11.5. The van der Waals surface area contributed by atoms with Crippen LogP contribution in [-0.4, -0.2) is 34.3 Å². The van der Waals surface area contributed by atoms with Crippen molar-refractivity contribution >= 4 is 23.2 Å². The third kappa shape index (κ3) is 2.34. The van der Waals surface area contributed by atoms with Gasteiger partial charge >= 0.3 is 0 Å². The van der Waals surface area contributed by atoms with Gasteiger partial charge in [0.1, 0.15) is 5.69 Å². The average molecular weight is 266 g/mol. The van der Waals surface area contributed by atoms with E-state index in [1.165, 1.54) is 4.90 Å². The number of aromatic nitrogens is 3. The minimum atomic E-state index is -0.234. The molecule has 2 N–H and O–H groups in total. The lowest BCUT2D eigenvalue weighted by atomic mass is 10.4. The Hall–Kier alpha value is -1.92. The van der Waals surface area contributed by atoms with Crippen molar-refractivity contribution in [1.29, 1.82) is 0 Å². The van der Waals surface area contributed by atoms with Gasteiger partial charge in [0.2, 0.25) is 5.91 Å². The molecule has 2 rings (SSSR count). The Morgan fingerprint density at radius 2 is 2.39 bits per heavy atom. The number of halogens is 1. The zero-order valence-corrected chi connectivity index (χ0v) is 10.5. The second-order valence-electron chi connectivity index (χ2n) is 3.62. The Morgan fingerprint density at radius 1 is 1.61 bits per heavy atom. The van der Waals surface area contributed by atoms with Gasteiger partial charge in [-0.05, 0) is 12.1 Å². The molecule has 0 unspecified atom stereocenters. The first-order valence-electron chi connectivity index (χ1n) is 5.25. The average Bonchev–Trinajstić information content (AvgIpc) is 2.80. The molecule has 6 nitrogen and oxygen atoms in total. The van der Waals surface area contributed by atoms with Crippen LogP contribution in [0.3, 0.4) is 0 Å². The Balaban J connectivity index is 2.36. The van der Waals surface area contributed by atoms with Crippen LogP contribution in [0.15, 0.2) is 30.7 Å². The number of pyridine rings is 1. The topological polar surface area (TPSA) is 77.0 Å². The molecule has 1 amide bonds. The van der Waals surface area contributed by atoms with E-state index in [1.807, 2.05) is 6.07 Å². The molecule has 18 heavy (non-hydrogen) atoms. The van der Waals surface area contributed by atoms with E-state index >= 15 is 0 Å². The molecule has 94 valence electrons. The molecule has 0 saturated carbocycles. The van der Waals surface area contributed by atoms with Crippen LogP contribution in [0.25, 0.3) is 5.69 Å². The number of nitrogens with zero attached hydrogens (tertiary/aromatic N) is 4. The molecule has 0 aliphatic heterocycles. The molecule has 7 heteroatoms. The first kappa shape index (κ1) is 12.5. The summed E-state index contributed by atoms with van der Waals surface area (Å²) in [6, 6.07) is 3.63. The van der Waals surface area contributed by atoms with Crippen molar-refractivity contribution in [3.63, 3.8) is 0 Å². The lowest BCUT2D eigenvalue weighted by Crippen LogP contribution is -2.32. The fourth-order valence-corrected chi connectivity index (χ4v) is 1.72. The van der Waals surface area contributed by atoms with Gasteiger partial charge in [0.15, 0.2) is 5.15 Å². The molecule has 0 aliphatic carbocycles. The van der Waals surface area contributed by atoms with Gasteiger partial charge in [-0.15, -0.1) is 0 Å². The summed E-state index contributed by atoms with van der Waals surface area (Å²) < 4.78 is 1.56. The van der Waals surface area contributed by atoms with E-state index in [2.05, 4.69) is 10.1 Å². The number of likely N-dealkylation sites (N-methyl/N-ethyl adjacent to an activating group) is 1. The summed E-state index contributed by atoms with van der Waals surface area (Å²) in [6.07, 6.45) is 4.98. The van der Waals surface area contributed by atoms with Crippen LogP contribution in [-0.2, 0) is 4.79 Å². The highest BCUT2D eigenvalue weighted by molar-refractivity contribution is 6.32. The molecule has 0 radical (unpaired) electrons. The van der Waals surface area contributed by atoms with Gasteiger partial charge in [-0.3, -0.25) is 9.78 Å². The standard InChI is InChI=1S/C11H12ClN5O/c1-16(10(18)5-13)9-7-17(15-11(9)12)8-3-2-4-14-6-8/h2-4,6-7H,5,13H2,1H3. The van der Waals surface area contributed by atoms with Crippen LogP contribution in [0.2, 0.25) is 5.15 Å². The smallest absolute Gasteiger partial charge is 0.240 e. The van der Waals surface area contributed by atoms with E-state index in [1.54, 1.807) is 36.4 Å². The van der Waals surface area contributed by atoms with Gasteiger partial charge in [-0.1, -0.05) is 11.6 Å². The van der Waals surface area contributed by atoms with Crippen molar-refractivity contribution in [2.75, 3.05) is 18.5 Å². The maximum absolute atomic E-state index is 11.5. The van der Waals surface area contributed by atoms with Gasteiger partial charge in [-0.25, -0.2) is 4.68 Å². The van der Waals surface area contributed by atoms with Crippen molar-refractivity contribution in [3.8, 4) is 5.69 Å². The summed E-state index contributed by atoms with van der Waals surface area (Å²) in [5, 5.41) is 4.37. The van der Waals surface area contributed by atoms with Crippen LogP contribution in [0.1, 0.15) is 0 Å². The van der Waals surface area contributed by atoms with Crippen LogP contribution in [0.4, 0.5) is 5.69 Å². The maximum Gasteiger partial charge on any atom is 0.240 e. The van der Waals surface area contributed by atoms with E-state index in [-0.39, 0.29) is 17.6 Å². The summed E-state index contributed by atoms with van der Waals surface area (Å²) in [4.78, 5) is 16.9. The van der Waals surface area contributed by atoms with Gasteiger partial charge in [0.25, 0.3) is 0 Å². The number of carbonyl (C=O) groups excluding carboxylic acids is 1. The van der Waals surface area contributed by atoms with E-state index in [9.17, 15) is 4.79 Å².